The van der Waals surface area contributed by atoms with E-state index in [1.165, 1.54) is 0 Å². The molecule has 0 radical (unpaired) electrons. The predicted molar refractivity (Wildman–Crippen MR) is 99.0 cm³/mol. The van der Waals surface area contributed by atoms with Crippen molar-refractivity contribution in [1.29, 1.82) is 5.26 Å². The maximum absolute atomic E-state index is 9.54. The van der Waals surface area contributed by atoms with E-state index in [4.69, 9.17) is 28.9 Å². The number of rotatable bonds is 2. The number of nitriles is 1. The number of nitrogen functional groups attached to an aromatic ring is 1. The zero-order valence-corrected chi connectivity index (χ0v) is 14.4. The third-order valence-corrected chi connectivity index (χ3v) is 4.26. The van der Waals surface area contributed by atoms with E-state index >= 15 is 0 Å². The number of anilines is 1. The molecular formula is C19H13Cl2N3. The van der Waals surface area contributed by atoms with E-state index in [0.717, 1.165) is 22.3 Å². The fraction of sp³-hybridized carbons (Fsp3) is 0.0526. The Kier molecular flexibility index (Phi) is 4.44. The summed E-state index contributed by atoms with van der Waals surface area (Å²) in [4.78, 5) is 4.43. The van der Waals surface area contributed by atoms with E-state index < -0.39 is 0 Å². The Bertz CT molecular complexity index is 975. The third kappa shape index (κ3) is 2.94. The summed E-state index contributed by atoms with van der Waals surface area (Å²) in [6.45, 7) is 1.92. The van der Waals surface area contributed by atoms with Crippen molar-refractivity contribution in [2.75, 3.05) is 5.73 Å². The molecule has 2 N–H and O–H groups in total. The molecule has 2 aromatic carbocycles. The Balaban J connectivity index is 2.34. The van der Waals surface area contributed by atoms with Gasteiger partial charge in [0.1, 0.15) is 17.5 Å². The Labute approximate surface area is 150 Å². The van der Waals surface area contributed by atoms with E-state index in [-0.39, 0.29) is 5.82 Å². The Morgan fingerprint density at radius 1 is 1.00 bits per heavy atom. The van der Waals surface area contributed by atoms with Gasteiger partial charge in [-0.05, 0) is 42.3 Å². The van der Waals surface area contributed by atoms with E-state index in [9.17, 15) is 5.26 Å². The fourth-order valence-corrected chi connectivity index (χ4v) is 3.11. The topological polar surface area (TPSA) is 62.7 Å². The maximum atomic E-state index is 9.54. The molecule has 24 heavy (non-hydrogen) atoms. The van der Waals surface area contributed by atoms with Crippen molar-refractivity contribution in [3.63, 3.8) is 0 Å². The van der Waals surface area contributed by atoms with Crippen LogP contribution in [0.15, 0.2) is 48.5 Å². The lowest BCUT2D eigenvalue weighted by molar-refractivity contribution is 1.26. The molecule has 0 aliphatic rings. The molecule has 0 aliphatic carbocycles. The van der Waals surface area contributed by atoms with Crippen LogP contribution in [-0.2, 0) is 0 Å². The van der Waals surface area contributed by atoms with Gasteiger partial charge < -0.3 is 5.73 Å². The lowest BCUT2D eigenvalue weighted by Crippen LogP contribution is -2.03. The molecule has 0 spiro atoms. The van der Waals surface area contributed by atoms with Gasteiger partial charge in [0.15, 0.2) is 0 Å². The van der Waals surface area contributed by atoms with Gasteiger partial charge in [-0.3, -0.25) is 0 Å². The van der Waals surface area contributed by atoms with Crippen molar-refractivity contribution in [1.82, 2.24) is 4.98 Å². The first-order valence-corrected chi connectivity index (χ1v) is 7.99. The second-order valence-corrected chi connectivity index (χ2v) is 6.23. The Hall–Kier alpha value is -2.54. The molecule has 0 fully saturated rings. The zero-order chi connectivity index (χ0) is 17.3. The number of hydrogen-bond donors (Lipinski definition) is 1. The van der Waals surface area contributed by atoms with Crippen LogP contribution < -0.4 is 5.73 Å². The van der Waals surface area contributed by atoms with Gasteiger partial charge in [-0.1, -0.05) is 47.5 Å². The number of hydrogen-bond acceptors (Lipinski definition) is 3. The summed E-state index contributed by atoms with van der Waals surface area (Å²) in [7, 11) is 0. The molecule has 0 saturated heterocycles. The van der Waals surface area contributed by atoms with Crippen LogP contribution >= 0.6 is 23.2 Å². The van der Waals surface area contributed by atoms with Gasteiger partial charge in [0.05, 0.1) is 5.69 Å². The number of nitrogens with zero attached hydrogens (tertiary/aromatic N) is 2. The number of nitrogens with two attached hydrogens (primary N) is 1. The molecule has 3 rings (SSSR count). The SMILES string of the molecule is Cc1c(-c2cccc(Cl)c2)nc(N)c(C#N)c1-c1cccc(Cl)c1. The molecule has 0 amide bonds. The molecule has 1 aromatic heterocycles. The predicted octanol–water partition coefficient (Wildman–Crippen LogP) is 5.48. The molecule has 0 atom stereocenters. The number of aromatic nitrogens is 1. The second kappa shape index (κ2) is 6.52. The summed E-state index contributed by atoms with van der Waals surface area (Å²) < 4.78 is 0. The minimum Gasteiger partial charge on any atom is -0.383 e. The smallest absolute Gasteiger partial charge is 0.142 e. The van der Waals surface area contributed by atoms with Crippen molar-refractivity contribution in [2.24, 2.45) is 0 Å². The van der Waals surface area contributed by atoms with Crippen LogP contribution in [0.25, 0.3) is 22.4 Å². The monoisotopic (exact) mass is 353 g/mol. The summed E-state index contributed by atoms with van der Waals surface area (Å²) in [5.41, 5.74) is 10.4. The van der Waals surface area contributed by atoms with Gasteiger partial charge in [-0.25, -0.2) is 4.98 Å². The lowest BCUT2D eigenvalue weighted by atomic mass is 9.93. The highest BCUT2D eigenvalue weighted by Crippen LogP contribution is 2.36. The fourth-order valence-electron chi connectivity index (χ4n) is 2.73. The van der Waals surface area contributed by atoms with Crippen LogP contribution in [0.1, 0.15) is 11.1 Å². The summed E-state index contributed by atoms with van der Waals surface area (Å²) >= 11 is 12.2. The molecule has 0 bridgehead atoms. The lowest BCUT2D eigenvalue weighted by Gasteiger charge is -2.15. The second-order valence-electron chi connectivity index (χ2n) is 5.35. The average molecular weight is 354 g/mol. The minimum atomic E-state index is 0.188. The quantitative estimate of drug-likeness (QED) is 0.662. The van der Waals surface area contributed by atoms with Crippen LogP contribution in [0.3, 0.4) is 0 Å². The largest absolute Gasteiger partial charge is 0.383 e. The number of pyridine rings is 1. The van der Waals surface area contributed by atoms with E-state index in [0.29, 0.717) is 21.3 Å². The molecule has 1 heterocycles. The van der Waals surface area contributed by atoms with Crippen molar-refractivity contribution in [2.45, 2.75) is 6.92 Å². The highest BCUT2D eigenvalue weighted by atomic mass is 35.5. The molecule has 5 heteroatoms. The van der Waals surface area contributed by atoms with Crippen molar-refractivity contribution < 1.29 is 0 Å². The molecule has 118 valence electrons. The van der Waals surface area contributed by atoms with Gasteiger partial charge >= 0.3 is 0 Å². The van der Waals surface area contributed by atoms with Crippen LogP contribution in [0.4, 0.5) is 5.82 Å². The van der Waals surface area contributed by atoms with Crippen LogP contribution in [0, 0.1) is 18.3 Å². The first kappa shape index (κ1) is 16.3. The summed E-state index contributed by atoms with van der Waals surface area (Å²) in [5, 5.41) is 10.7. The Morgan fingerprint density at radius 3 is 2.17 bits per heavy atom. The summed E-state index contributed by atoms with van der Waals surface area (Å²) in [6.07, 6.45) is 0. The molecule has 0 aliphatic heterocycles. The van der Waals surface area contributed by atoms with E-state index in [1.54, 1.807) is 12.1 Å². The summed E-state index contributed by atoms with van der Waals surface area (Å²) in [6, 6.07) is 16.9. The van der Waals surface area contributed by atoms with Crippen LogP contribution in [0.5, 0.6) is 0 Å². The molecule has 3 nitrogen and oxygen atoms in total. The molecule has 3 aromatic rings. The van der Waals surface area contributed by atoms with Crippen molar-refractivity contribution >= 4 is 29.0 Å². The van der Waals surface area contributed by atoms with Crippen LogP contribution in [-0.4, -0.2) is 4.98 Å². The standard InChI is InChI=1S/C19H13Cl2N3/c1-11-17(12-4-2-6-14(20)8-12)16(10-22)19(23)24-18(11)13-5-3-7-15(21)9-13/h2-9H,1H3,(H2,23,24). The summed E-state index contributed by atoms with van der Waals surface area (Å²) in [5.74, 6) is 0.188. The molecule has 0 unspecified atom stereocenters. The first-order chi connectivity index (χ1) is 11.5. The Morgan fingerprint density at radius 2 is 1.58 bits per heavy atom. The van der Waals surface area contributed by atoms with Gasteiger partial charge in [0.2, 0.25) is 0 Å². The normalized spacial score (nSPS) is 10.4. The van der Waals surface area contributed by atoms with Gasteiger partial charge in [0, 0.05) is 21.2 Å². The molecular weight excluding hydrogens is 341 g/mol. The van der Waals surface area contributed by atoms with Gasteiger partial charge in [0.25, 0.3) is 0 Å². The van der Waals surface area contributed by atoms with Crippen LogP contribution in [0.2, 0.25) is 10.0 Å². The maximum Gasteiger partial charge on any atom is 0.142 e. The highest BCUT2D eigenvalue weighted by molar-refractivity contribution is 6.31. The minimum absolute atomic E-state index is 0.188. The highest BCUT2D eigenvalue weighted by Gasteiger charge is 2.18. The zero-order valence-electron chi connectivity index (χ0n) is 12.8. The van der Waals surface area contributed by atoms with Crippen molar-refractivity contribution in [3.8, 4) is 28.5 Å². The first-order valence-electron chi connectivity index (χ1n) is 7.23. The van der Waals surface area contributed by atoms with Gasteiger partial charge in [-0.15, -0.1) is 0 Å². The number of halogens is 2. The third-order valence-electron chi connectivity index (χ3n) is 3.79. The number of benzene rings is 2. The van der Waals surface area contributed by atoms with E-state index in [1.807, 2.05) is 43.3 Å². The molecule has 0 saturated carbocycles. The van der Waals surface area contributed by atoms with E-state index in [2.05, 4.69) is 11.1 Å². The average Bonchev–Trinajstić information content (AvgIpc) is 2.56. The van der Waals surface area contributed by atoms with Crippen molar-refractivity contribution in [3.05, 3.63) is 69.7 Å². The van der Waals surface area contributed by atoms with Gasteiger partial charge in [-0.2, -0.15) is 5.26 Å².